The van der Waals surface area contributed by atoms with Gasteiger partial charge in [-0.1, -0.05) is 66.7 Å². The Morgan fingerprint density at radius 3 is 2.39 bits per heavy atom. The third-order valence-electron chi connectivity index (χ3n) is 5.55. The van der Waals surface area contributed by atoms with Crippen LogP contribution in [-0.4, -0.2) is 19.2 Å². The summed E-state index contributed by atoms with van der Waals surface area (Å²) in [5.74, 6) is -0.249. The van der Waals surface area contributed by atoms with E-state index in [0.717, 1.165) is 11.1 Å². The Balaban J connectivity index is 1.28. The van der Waals surface area contributed by atoms with Crippen molar-refractivity contribution in [3.8, 4) is 11.1 Å². The van der Waals surface area contributed by atoms with Gasteiger partial charge in [0.05, 0.1) is 0 Å². The average Bonchev–Trinajstić information content (AvgIpc) is 3.12. The Labute approximate surface area is 181 Å². The monoisotopic (exact) mass is 416 g/mol. The zero-order chi connectivity index (χ0) is 21.6. The van der Waals surface area contributed by atoms with Crippen molar-refractivity contribution in [2.75, 3.05) is 13.2 Å². The third-order valence-corrected chi connectivity index (χ3v) is 5.55. The van der Waals surface area contributed by atoms with E-state index in [4.69, 9.17) is 10.5 Å². The molecule has 0 radical (unpaired) electrons. The van der Waals surface area contributed by atoms with Crippen molar-refractivity contribution in [1.82, 2.24) is 5.32 Å². The Bertz CT molecular complexity index is 1060. The number of carbonyl (C=O) groups is 1. The highest BCUT2D eigenvalue weighted by atomic mass is 19.1. The van der Waals surface area contributed by atoms with Gasteiger partial charge in [0.2, 0.25) is 0 Å². The minimum absolute atomic E-state index is 0.0474. The van der Waals surface area contributed by atoms with Gasteiger partial charge in [-0.3, -0.25) is 0 Å². The SMILES string of the molecule is NCc1cc(F)ccc1C=CCCNC(=O)OCC1c2ccccc2-c2ccccc21. The molecule has 0 bridgehead atoms. The van der Waals surface area contributed by atoms with Crippen molar-refractivity contribution in [3.63, 3.8) is 0 Å². The summed E-state index contributed by atoms with van der Waals surface area (Å²) in [5.41, 5.74) is 12.1. The lowest BCUT2D eigenvalue weighted by Gasteiger charge is -2.14. The summed E-state index contributed by atoms with van der Waals surface area (Å²) in [6.07, 6.45) is 4.02. The molecule has 3 aromatic rings. The quantitative estimate of drug-likeness (QED) is 0.519. The number of hydrogen-bond acceptors (Lipinski definition) is 3. The lowest BCUT2D eigenvalue weighted by atomic mass is 9.98. The second-order valence-electron chi connectivity index (χ2n) is 7.49. The van der Waals surface area contributed by atoms with E-state index in [1.807, 2.05) is 36.4 Å². The molecule has 0 saturated heterocycles. The Morgan fingerprint density at radius 2 is 1.71 bits per heavy atom. The van der Waals surface area contributed by atoms with Gasteiger partial charge in [0, 0.05) is 19.0 Å². The molecule has 1 aliphatic carbocycles. The van der Waals surface area contributed by atoms with E-state index in [-0.39, 0.29) is 18.3 Å². The molecular weight excluding hydrogens is 391 g/mol. The van der Waals surface area contributed by atoms with E-state index in [1.54, 1.807) is 6.07 Å². The molecular formula is C26H25FN2O2. The van der Waals surface area contributed by atoms with Crippen LogP contribution in [0.3, 0.4) is 0 Å². The number of ether oxygens (including phenoxy) is 1. The maximum Gasteiger partial charge on any atom is 0.407 e. The summed E-state index contributed by atoms with van der Waals surface area (Å²) in [5, 5.41) is 2.78. The maximum atomic E-state index is 13.3. The first-order valence-electron chi connectivity index (χ1n) is 10.4. The third kappa shape index (κ3) is 4.67. The second-order valence-corrected chi connectivity index (χ2v) is 7.49. The summed E-state index contributed by atoms with van der Waals surface area (Å²) in [4.78, 5) is 12.2. The van der Waals surface area contributed by atoms with Gasteiger partial charge in [0.25, 0.3) is 0 Å². The van der Waals surface area contributed by atoms with Gasteiger partial charge < -0.3 is 15.8 Å². The molecule has 0 saturated carbocycles. The molecule has 5 heteroatoms. The molecule has 31 heavy (non-hydrogen) atoms. The van der Waals surface area contributed by atoms with Crippen LogP contribution < -0.4 is 11.1 Å². The highest BCUT2D eigenvalue weighted by molar-refractivity contribution is 5.79. The first-order valence-corrected chi connectivity index (χ1v) is 10.4. The molecule has 0 heterocycles. The Morgan fingerprint density at radius 1 is 1.03 bits per heavy atom. The first kappa shape index (κ1) is 20.8. The molecule has 0 aromatic heterocycles. The van der Waals surface area contributed by atoms with E-state index in [1.165, 1.54) is 34.4 Å². The van der Waals surface area contributed by atoms with Gasteiger partial charge in [0.1, 0.15) is 12.4 Å². The van der Waals surface area contributed by atoms with Gasteiger partial charge in [-0.05, 0) is 51.9 Å². The Kier molecular flexibility index (Phi) is 6.43. The fourth-order valence-electron chi connectivity index (χ4n) is 4.03. The summed E-state index contributed by atoms with van der Waals surface area (Å²) in [7, 11) is 0. The minimum atomic E-state index is -0.431. The molecule has 0 spiro atoms. The van der Waals surface area contributed by atoms with Crippen molar-refractivity contribution < 1.29 is 13.9 Å². The van der Waals surface area contributed by atoms with Gasteiger partial charge >= 0.3 is 6.09 Å². The summed E-state index contributed by atoms with van der Waals surface area (Å²) in [6, 6.07) is 21.0. The molecule has 1 aliphatic rings. The zero-order valence-electron chi connectivity index (χ0n) is 17.2. The van der Waals surface area contributed by atoms with Crippen LogP contribution in [0.4, 0.5) is 9.18 Å². The highest BCUT2D eigenvalue weighted by Crippen LogP contribution is 2.44. The lowest BCUT2D eigenvalue weighted by molar-refractivity contribution is 0.143. The standard InChI is InChI=1S/C26H25FN2O2/c27-20-13-12-18(19(15-20)16-28)7-5-6-14-29-26(30)31-17-25-23-10-3-1-8-21(23)22-9-2-4-11-24(22)25/h1-5,7-13,15,25H,6,14,16-17,28H2,(H,29,30). The van der Waals surface area contributed by atoms with E-state index in [0.29, 0.717) is 19.6 Å². The normalized spacial score (nSPS) is 12.6. The maximum absolute atomic E-state index is 13.3. The van der Waals surface area contributed by atoms with Crippen molar-refractivity contribution in [1.29, 1.82) is 0 Å². The molecule has 0 aliphatic heterocycles. The predicted molar refractivity (Wildman–Crippen MR) is 121 cm³/mol. The van der Waals surface area contributed by atoms with Crippen molar-refractivity contribution >= 4 is 12.2 Å². The molecule has 0 atom stereocenters. The number of fused-ring (bicyclic) bond motifs is 3. The van der Waals surface area contributed by atoms with Crippen molar-refractivity contribution in [3.05, 3.63) is 101 Å². The smallest absolute Gasteiger partial charge is 0.407 e. The van der Waals surface area contributed by atoms with Crippen molar-refractivity contribution in [2.45, 2.75) is 18.9 Å². The van der Waals surface area contributed by atoms with E-state index < -0.39 is 6.09 Å². The number of nitrogens with one attached hydrogen (secondary N) is 1. The highest BCUT2D eigenvalue weighted by Gasteiger charge is 2.28. The largest absolute Gasteiger partial charge is 0.449 e. The van der Waals surface area contributed by atoms with Crippen LogP contribution in [0.15, 0.2) is 72.8 Å². The number of nitrogens with two attached hydrogens (primary N) is 1. The number of carbonyl (C=O) groups excluding carboxylic acids is 1. The zero-order valence-corrected chi connectivity index (χ0v) is 17.2. The molecule has 4 rings (SSSR count). The van der Waals surface area contributed by atoms with Gasteiger partial charge in [0.15, 0.2) is 0 Å². The summed E-state index contributed by atoms with van der Waals surface area (Å²) in [6.45, 7) is 1.02. The van der Waals surface area contributed by atoms with Crippen LogP contribution in [0.1, 0.15) is 34.6 Å². The van der Waals surface area contributed by atoms with Gasteiger partial charge in [-0.15, -0.1) is 0 Å². The molecule has 158 valence electrons. The van der Waals surface area contributed by atoms with E-state index >= 15 is 0 Å². The molecule has 3 N–H and O–H groups in total. The number of rotatable bonds is 7. The van der Waals surface area contributed by atoms with E-state index in [9.17, 15) is 9.18 Å². The van der Waals surface area contributed by atoms with Crippen LogP contribution in [0, 0.1) is 5.82 Å². The molecule has 3 aromatic carbocycles. The average molecular weight is 416 g/mol. The Hall–Kier alpha value is -3.44. The van der Waals surface area contributed by atoms with Gasteiger partial charge in [-0.2, -0.15) is 0 Å². The van der Waals surface area contributed by atoms with Crippen LogP contribution in [-0.2, 0) is 11.3 Å². The molecule has 1 amide bonds. The predicted octanol–water partition coefficient (Wildman–Crippen LogP) is 5.23. The van der Waals surface area contributed by atoms with Crippen LogP contribution in [0.2, 0.25) is 0 Å². The number of amides is 1. The second kappa shape index (κ2) is 9.58. The van der Waals surface area contributed by atoms with Crippen LogP contribution >= 0.6 is 0 Å². The molecule has 0 unspecified atom stereocenters. The summed E-state index contributed by atoms with van der Waals surface area (Å²) < 4.78 is 18.8. The van der Waals surface area contributed by atoms with Crippen molar-refractivity contribution in [2.24, 2.45) is 5.73 Å². The first-order chi connectivity index (χ1) is 15.2. The molecule has 0 fully saturated rings. The van der Waals surface area contributed by atoms with Crippen LogP contribution in [0.5, 0.6) is 0 Å². The number of alkyl carbamates (subject to hydrolysis) is 1. The lowest BCUT2D eigenvalue weighted by Crippen LogP contribution is -2.26. The number of benzene rings is 3. The van der Waals surface area contributed by atoms with E-state index in [2.05, 4.69) is 29.6 Å². The fraction of sp³-hybridized carbons (Fsp3) is 0.192. The summed E-state index contributed by atoms with van der Waals surface area (Å²) >= 11 is 0. The number of halogens is 1. The number of hydrogen-bond donors (Lipinski definition) is 2. The fourth-order valence-corrected chi connectivity index (χ4v) is 4.03. The minimum Gasteiger partial charge on any atom is -0.449 e. The molecule has 4 nitrogen and oxygen atoms in total. The van der Waals surface area contributed by atoms with Gasteiger partial charge in [-0.25, -0.2) is 9.18 Å². The topological polar surface area (TPSA) is 64.3 Å². The van der Waals surface area contributed by atoms with Crippen LogP contribution in [0.25, 0.3) is 17.2 Å².